The van der Waals surface area contributed by atoms with E-state index in [1.807, 2.05) is 0 Å². The Morgan fingerprint density at radius 3 is 2.38 bits per heavy atom. The van der Waals surface area contributed by atoms with Gasteiger partial charge in [-0.05, 0) is 31.1 Å². The molecule has 0 radical (unpaired) electrons. The van der Waals surface area contributed by atoms with Crippen LogP contribution in [0.25, 0.3) is 0 Å². The Balaban J connectivity index is 1.67. The summed E-state index contributed by atoms with van der Waals surface area (Å²) in [6.45, 7) is 4.75. The first kappa shape index (κ1) is 16.3. The Labute approximate surface area is 127 Å². The number of carbonyl (C=O) groups excluding carboxylic acids is 1. The van der Waals surface area contributed by atoms with Gasteiger partial charge in [-0.1, -0.05) is 26.2 Å². The molecular weight excluding hydrogens is 268 g/mol. The van der Waals surface area contributed by atoms with Gasteiger partial charge in [-0.3, -0.25) is 9.59 Å². The lowest BCUT2D eigenvalue weighted by Gasteiger charge is -2.34. The van der Waals surface area contributed by atoms with Gasteiger partial charge in [0.25, 0.3) is 0 Å². The van der Waals surface area contributed by atoms with Gasteiger partial charge in [0, 0.05) is 19.6 Å². The minimum Gasteiger partial charge on any atom is -0.481 e. The number of carboxylic acid groups (broad SMARTS) is 1. The molecule has 0 aromatic carbocycles. The van der Waals surface area contributed by atoms with E-state index in [1.54, 1.807) is 4.90 Å². The minimum absolute atomic E-state index is 0.109. The van der Waals surface area contributed by atoms with Gasteiger partial charge in [-0.15, -0.1) is 0 Å². The molecule has 0 aromatic heterocycles. The van der Waals surface area contributed by atoms with Gasteiger partial charge in [0.15, 0.2) is 0 Å². The highest BCUT2D eigenvalue weighted by molar-refractivity contribution is 5.78. The third-order valence-corrected chi connectivity index (χ3v) is 5.09. The maximum atomic E-state index is 12.1. The zero-order chi connectivity index (χ0) is 15.3. The first-order chi connectivity index (χ1) is 10.0. The van der Waals surface area contributed by atoms with Crippen molar-refractivity contribution in [2.45, 2.75) is 51.9 Å². The second-order valence-corrected chi connectivity index (χ2v) is 6.97. The second kappa shape index (κ2) is 7.25. The van der Waals surface area contributed by atoms with Crippen LogP contribution in [-0.4, -0.2) is 48.1 Å². The van der Waals surface area contributed by atoms with Crippen molar-refractivity contribution in [2.75, 3.05) is 26.2 Å². The predicted molar refractivity (Wildman–Crippen MR) is 81.0 cm³/mol. The van der Waals surface area contributed by atoms with E-state index in [9.17, 15) is 9.59 Å². The molecule has 1 saturated carbocycles. The summed E-state index contributed by atoms with van der Waals surface area (Å²) >= 11 is 0. The molecule has 1 aliphatic heterocycles. The van der Waals surface area contributed by atoms with E-state index in [1.165, 1.54) is 32.1 Å². The van der Waals surface area contributed by atoms with E-state index < -0.39 is 5.97 Å². The van der Waals surface area contributed by atoms with E-state index >= 15 is 0 Å². The Bertz CT molecular complexity index is 370. The average Bonchev–Trinajstić information content (AvgIpc) is 2.48. The summed E-state index contributed by atoms with van der Waals surface area (Å²) in [7, 11) is 0. The number of aliphatic carboxylic acids is 1. The third-order valence-electron chi connectivity index (χ3n) is 5.09. The number of likely N-dealkylation sites (tertiary alicyclic amines) is 1. The summed E-state index contributed by atoms with van der Waals surface area (Å²) in [6.07, 6.45) is 7.60. The van der Waals surface area contributed by atoms with Gasteiger partial charge in [0.2, 0.25) is 5.91 Å². The van der Waals surface area contributed by atoms with Crippen LogP contribution in [-0.2, 0) is 9.59 Å². The molecule has 21 heavy (non-hydrogen) atoms. The Hall–Kier alpha value is -1.10. The van der Waals surface area contributed by atoms with Crippen molar-refractivity contribution in [2.24, 2.45) is 11.3 Å². The van der Waals surface area contributed by atoms with Crippen molar-refractivity contribution in [3.05, 3.63) is 0 Å². The number of amides is 1. The third kappa shape index (κ3) is 4.70. The summed E-state index contributed by atoms with van der Waals surface area (Å²) in [6, 6.07) is 0. The Morgan fingerprint density at radius 2 is 1.81 bits per heavy atom. The minimum atomic E-state index is -0.731. The van der Waals surface area contributed by atoms with Gasteiger partial charge < -0.3 is 15.3 Å². The monoisotopic (exact) mass is 296 g/mol. The molecule has 2 fully saturated rings. The topological polar surface area (TPSA) is 69.6 Å². The average molecular weight is 296 g/mol. The van der Waals surface area contributed by atoms with Crippen molar-refractivity contribution >= 4 is 11.9 Å². The van der Waals surface area contributed by atoms with Crippen molar-refractivity contribution in [3.8, 4) is 0 Å². The van der Waals surface area contributed by atoms with Crippen LogP contribution < -0.4 is 5.32 Å². The lowest BCUT2D eigenvalue weighted by Crippen LogP contribution is -2.45. The van der Waals surface area contributed by atoms with Crippen molar-refractivity contribution in [3.63, 3.8) is 0 Å². The molecule has 0 atom stereocenters. The summed E-state index contributed by atoms with van der Waals surface area (Å²) in [5.41, 5.74) is 0.342. The Kier molecular flexibility index (Phi) is 5.62. The molecule has 0 spiro atoms. The van der Waals surface area contributed by atoms with Gasteiger partial charge in [-0.2, -0.15) is 0 Å². The van der Waals surface area contributed by atoms with Crippen LogP contribution in [0.3, 0.4) is 0 Å². The van der Waals surface area contributed by atoms with E-state index in [-0.39, 0.29) is 11.8 Å². The number of nitrogens with one attached hydrogen (secondary N) is 1. The maximum absolute atomic E-state index is 12.1. The summed E-state index contributed by atoms with van der Waals surface area (Å²) < 4.78 is 0. The Morgan fingerprint density at radius 1 is 1.19 bits per heavy atom. The predicted octanol–water partition coefficient (Wildman–Crippen LogP) is 1.87. The standard InChI is InChI=1S/C16H28N2O3/c1-16(7-3-2-4-8-16)12-17-11-14(19)18-9-5-13(6-10-18)15(20)21/h13,17H,2-12H2,1H3,(H,20,21). The molecule has 0 unspecified atom stereocenters. The molecule has 2 aliphatic rings. The van der Waals surface area contributed by atoms with Gasteiger partial charge in [-0.25, -0.2) is 0 Å². The normalized spacial score (nSPS) is 23.0. The fourth-order valence-electron chi connectivity index (χ4n) is 3.54. The highest BCUT2D eigenvalue weighted by atomic mass is 16.4. The zero-order valence-corrected chi connectivity index (χ0v) is 13.1. The maximum Gasteiger partial charge on any atom is 0.306 e. The fourth-order valence-corrected chi connectivity index (χ4v) is 3.54. The molecule has 0 aromatic rings. The smallest absolute Gasteiger partial charge is 0.306 e. The molecule has 1 saturated heterocycles. The molecule has 0 bridgehead atoms. The summed E-state index contributed by atoms with van der Waals surface area (Å²) in [4.78, 5) is 24.8. The van der Waals surface area contributed by atoms with E-state index in [2.05, 4.69) is 12.2 Å². The van der Waals surface area contributed by atoms with Crippen LogP contribution in [0.2, 0.25) is 0 Å². The molecular formula is C16H28N2O3. The molecule has 5 heteroatoms. The van der Waals surface area contributed by atoms with Crippen LogP contribution >= 0.6 is 0 Å². The zero-order valence-electron chi connectivity index (χ0n) is 13.1. The number of hydrogen-bond acceptors (Lipinski definition) is 3. The van der Waals surface area contributed by atoms with Crippen LogP contribution in [0.1, 0.15) is 51.9 Å². The number of rotatable bonds is 5. The first-order valence-electron chi connectivity index (χ1n) is 8.21. The molecule has 2 rings (SSSR count). The molecule has 1 amide bonds. The summed E-state index contributed by atoms with van der Waals surface area (Å²) in [5, 5.41) is 12.3. The van der Waals surface area contributed by atoms with Crippen LogP contribution in [0.5, 0.6) is 0 Å². The van der Waals surface area contributed by atoms with E-state index in [4.69, 9.17) is 5.11 Å². The van der Waals surface area contributed by atoms with E-state index in [0.717, 1.165) is 6.54 Å². The SMILES string of the molecule is CC1(CNCC(=O)N2CCC(C(=O)O)CC2)CCCCC1. The number of nitrogens with zero attached hydrogens (tertiary/aromatic N) is 1. The lowest BCUT2D eigenvalue weighted by molar-refractivity contribution is -0.145. The quantitative estimate of drug-likeness (QED) is 0.812. The second-order valence-electron chi connectivity index (χ2n) is 6.97. The highest BCUT2D eigenvalue weighted by Gasteiger charge is 2.28. The summed E-state index contributed by atoms with van der Waals surface area (Å²) in [5.74, 6) is -0.896. The largest absolute Gasteiger partial charge is 0.481 e. The molecule has 120 valence electrons. The van der Waals surface area contributed by atoms with Gasteiger partial charge >= 0.3 is 5.97 Å². The van der Waals surface area contributed by atoms with Crippen LogP contribution in [0.4, 0.5) is 0 Å². The molecule has 1 aliphatic carbocycles. The van der Waals surface area contributed by atoms with Crippen molar-refractivity contribution < 1.29 is 14.7 Å². The molecule has 2 N–H and O–H groups in total. The highest BCUT2D eigenvalue weighted by Crippen LogP contribution is 2.34. The van der Waals surface area contributed by atoms with Gasteiger partial charge in [0.1, 0.15) is 0 Å². The molecule has 1 heterocycles. The fraction of sp³-hybridized carbons (Fsp3) is 0.875. The molecule has 5 nitrogen and oxygen atoms in total. The number of hydrogen-bond donors (Lipinski definition) is 2. The van der Waals surface area contributed by atoms with Crippen LogP contribution in [0, 0.1) is 11.3 Å². The number of carboxylic acids is 1. The lowest BCUT2D eigenvalue weighted by atomic mass is 9.76. The van der Waals surface area contributed by atoms with Crippen molar-refractivity contribution in [1.29, 1.82) is 0 Å². The first-order valence-corrected chi connectivity index (χ1v) is 8.21. The number of piperidine rings is 1. The van der Waals surface area contributed by atoms with Crippen molar-refractivity contribution in [1.82, 2.24) is 10.2 Å². The van der Waals surface area contributed by atoms with Crippen LogP contribution in [0.15, 0.2) is 0 Å². The van der Waals surface area contributed by atoms with E-state index in [0.29, 0.717) is 37.9 Å². The van der Waals surface area contributed by atoms with Gasteiger partial charge in [0.05, 0.1) is 12.5 Å². The number of carbonyl (C=O) groups is 2.